The molecule has 0 amide bonds. The molecule has 20 heavy (non-hydrogen) atoms. The van der Waals surface area contributed by atoms with Gasteiger partial charge < -0.3 is 9.55 Å². The Morgan fingerprint density at radius 3 is 2.70 bits per heavy atom. The van der Waals surface area contributed by atoms with E-state index in [1.807, 2.05) is 18.2 Å². The van der Waals surface area contributed by atoms with Gasteiger partial charge in [-0.2, -0.15) is 0 Å². The van der Waals surface area contributed by atoms with Crippen LogP contribution >= 0.6 is 23.8 Å². The molecule has 6 heteroatoms. The minimum absolute atomic E-state index is 0.198. The second kappa shape index (κ2) is 5.00. The van der Waals surface area contributed by atoms with E-state index in [1.54, 1.807) is 10.6 Å². The Morgan fingerprint density at radius 1 is 1.20 bits per heavy atom. The van der Waals surface area contributed by atoms with Crippen LogP contribution in [0.25, 0.3) is 11.0 Å². The number of benzene rings is 2. The third kappa shape index (κ3) is 2.23. The van der Waals surface area contributed by atoms with Crippen molar-refractivity contribution in [1.82, 2.24) is 9.55 Å². The Balaban J connectivity index is 2.19. The predicted octanol–water partition coefficient (Wildman–Crippen LogP) is 4.68. The lowest BCUT2D eigenvalue weighted by atomic mass is 10.2. The quantitative estimate of drug-likeness (QED) is 0.682. The number of halogens is 3. The van der Waals surface area contributed by atoms with E-state index in [0.717, 1.165) is 11.6 Å². The fraction of sp³-hybridized carbons (Fsp3) is 0.0714. The standard InChI is InChI=1S/C14H9ClF2N2S/c15-10-4-2-1-3-8(10)7-19-12-6-9(16)5-11(17)13(12)18-14(19)20/h1-6H,7H2,(H,18,20). The van der Waals surface area contributed by atoms with Gasteiger partial charge in [0.05, 0.1) is 12.1 Å². The highest BCUT2D eigenvalue weighted by atomic mass is 35.5. The van der Waals surface area contributed by atoms with Gasteiger partial charge in [-0.15, -0.1) is 0 Å². The summed E-state index contributed by atoms with van der Waals surface area (Å²) in [7, 11) is 0. The molecule has 0 saturated carbocycles. The van der Waals surface area contributed by atoms with Crippen LogP contribution in [0.15, 0.2) is 36.4 Å². The molecule has 0 bridgehead atoms. The molecule has 0 radical (unpaired) electrons. The van der Waals surface area contributed by atoms with Gasteiger partial charge >= 0.3 is 0 Å². The number of nitrogens with zero attached hydrogens (tertiary/aromatic N) is 1. The largest absolute Gasteiger partial charge is 0.328 e. The van der Waals surface area contributed by atoms with Gasteiger partial charge in [-0.3, -0.25) is 0 Å². The van der Waals surface area contributed by atoms with E-state index in [2.05, 4.69) is 4.98 Å². The zero-order valence-corrected chi connectivity index (χ0v) is 11.7. The van der Waals surface area contributed by atoms with Gasteiger partial charge in [0.2, 0.25) is 0 Å². The average molecular weight is 311 g/mol. The van der Waals surface area contributed by atoms with Crippen molar-refractivity contribution in [3.05, 3.63) is 63.4 Å². The number of hydrogen-bond acceptors (Lipinski definition) is 1. The number of H-pyrrole nitrogens is 1. The molecule has 0 aliphatic rings. The molecule has 0 aliphatic heterocycles. The van der Waals surface area contributed by atoms with E-state index in [4.69, 9.17) is 23.8 Å². The number of rotatable bonds is 2. The van der Waals surface area contributed by atoms with E-state index in [1.165, 1.54) is 6.07 Å². The number of aromatic nitrogens is 2. The van der Waals surface area contributed by atoms with Gasteiger partial charge in [0.25, 0.3) is 0 Å². The second-order valence-corrected chi connectivity index (χ2v) is 5.18. The van der Waals surface area contributed by atoms with Crippen LogP contribution in [0.5, 0.6) is 0 Å². The normalized spacial score (nSPS) is 11.2. The van der Waals surface area contributed by atoms with E-state index in [9.17, 15) is 8.78 Å². The molecule has 2 nitrogen and oxygen atoms in total. The third-order valence-electron chi connectivity index (χ3n) is 3.09. The van der Waals surface area contributed by atoms with Crippen LogP contribution in [0.1, 0.15) is 5.56 Å². The fourth-order valence-electron chi connectivity index (χ4n) is 2.13. The summed E-state index contributed by atoms with van der Waals surface area (Å²) < 4.78 is 29.0. The van der Waals surface area contributed by atoms with Crippen LogP contribution < -0.4 is 0 Å². The van der Waals surface area contributed by atoms with Crippen molar-refractivity contribution >= 4 is 34.9 Å². The van der Waals surface area contributed by atoms with Gasteiger partial charge in [0.15, 0.2) is 10.6 Å². The maximum atomic E-state index is 13.7. The predicted molar refractivity (Wildman–Crippen MR) is 77.6 cm³/mol. The van der Waals surface area contributed by atoms with E-state index < -0.39 is 11.6 Å². The van der Waals surface area contributed by atoms with Gasteiger partial charge in [-0.05, 0) is 29.9 Å². The van der Waals surface area contributed by atoms with Crippen molar-refractivity contribution in [2.75, 3.05) is 0 Å². The van der Waals surface area contributed by atoms with Gasteiger partial charge in [-0.1, -0.05) is 29.8 Å². The first-order valence-corrected chi connectivity index (χ1v) is 6.66. The van der Waals surface area contributed by atoms with Gasteiger partial charge in [0.1, 0.15) is 11.3 Å². The lowest BCUT2D eigenvalue weighted by molar-refractivity contribution is 0.590. The topological polar surface area (TPSA) is 20.7 Å². The van der Waals surface area contributed by atoms with E-state index >= 15 is 0 Å². The summed E-state index contributed by atoms with van der Waals surface area (Å²) in [5.41, 5.74) is 1.41. The molecule has 3 rings (SSSR count). The number of hydrogen-bond donors (Lipinski definition) is 1. The first kappa shape index (κ1) is 13.3. The Hall–Kier alpha value is -1.72. The molecule has 1 heterocycles. The molecule has 0 atom stereocenters. The maximum Gasteiger partial charge on any atom is 0.178 e. The van der Waals surface area contributed by atoms with Crippen LogP contribution in [-0.4, -0.2) is 9.55 Å². The highest BCUT2D eigenvalue weighted by molar-refractivity contribution is 7.71. The van der Waals surface area contributed by atoms with Crippen molar-refractivity contribution < 1.29 is 8.78 Å². The molecule has 0 aliphatic carbocycles. The highest BCUT2D eigenvalue weighted by Crippen LogP contribution is 2.22. The number of nitrogens with one attached hydrogen (secondary N) is 1. The summed E-state index contributed by atoms with van der Waals surface area (Å²) in [5, 5.41) is 0.584. The zero-order chi connectivity index (χ0) is 14.3. The molecule has 102 valence electrons. The Bertz CT molecular complexity index is 854. The summed E-state index contributed by atoms with van der Waals surface area (Å²) in [4.78, 5) is 2.76. The molecular weight excluding hydrogens is 302 g/mol. The Kier molecular flexibility index (Phi) is 3.31. The fourth-order valence-corrected chi connectivity index (χ4v) is 2.59. The molecule has 0 fully saturated rings. The van der Waals surface area contributed by atoms with Crippen molar-refractivity contribution in [3.8, 4) is 0 Å². The SMILES string of the molecule is Fc1cc(F)c2[nH]c(=S)n(Cc3ccccc3Cl)c2c1. The molecule has 2 aromatic carbocycles. The van der Waals surface area contributed by atoms with Crippen molar-refractivity contribution in [2.45, 2.75) is 6.54 Å². The van der Waals surface area contributed by atoms with Crippen LogP contribution in [0, 0.1) is 16.4 Å². The Morgan fingerprint density at radius 2 is 1.95 bits per heavy atom. The average Bonchev–Trinajstić information content (AvgIpc) is 2.70. The van der Waals surface area contributed by atoms with Crippen molar-refractivity contribution in [2.24, 2.45) is 0 Å². The van der Waals surface area contributed by atoms with Crippen LogP contribution in [-0.2, 0) is 6.54 Å². The summed E-state index contributed by atoms with van der Waals surface area (Å²) >= 11 is 11.3. The molecule has 3 aromatic rings. The number of aromatic amines is 1. The maximum absolute atomic E-state index is 13.7. The molecule has 1 aromatic heterocycles. The number of fused-ring (bicyclic) bond motifs is 1. The minimum atomic E-state index is -0.663. The number of imidazole rings is 1. The van der Waals surface area contributed by atoms with E-state index in [-0.39, 0.29) is 5.52 Å². The van der Waals surface area contributed by atoms with Gasteiger partial charge in [0, 0.05) is 11.1 Å². The minimum Gasteiger partial charge on any atom is -0.328 e. The summed E-state index contributed by atoms with van der Waals surface area (Å²) in [6, 6.07) is 9.35. The van der Waals surface area contributed by atoms with Crippen LogP contribution in [0.3, 0.4) is 0 Å². The summed E-state index contributed by atoms with van der Waals surface area (Å²) in [6.07, 6.45) is 0. The second-order valence-electron chi connectivity index (χ2n) is 4.39. The van der Waals surface area contributed by atoms with Crippen molar-refractivity contribution in [3.63, 3.8) is 0 Å². The summed E-state index contributed by atoms with van der Waals surface area (Å²) in [6.45, 7) is 0.349. The first-order valence-electron chi connectivity index (χ1n) is 5.87. The molecule has 1 N–H and O–H groups in total. The smallest absolute Gasteiger partial charge is 0.178 e. The highest BCUT2D eigenvalue weighted by Gasteiger charge is 2.12. The lowest BCUT2D eigenvalue weighted by Gasteiger charge is -2.07. The molecule has 0 unspecified atom stereocenters. The summed E-state index contributed by atoms with van der Waals surface area (Å²) in [5.74, 6) is -1.30. The molecule has 0 spiro atoms. The molecular formula is C14H9ClF2N2S. The lowest BCUT2D eigenvalue weighted by Crippen LogP contribution is -2.00. The third-order valence-corrected chi connectivity index (χ3v) is 3.78. The zero-order valence-electron chi connectivity index (χ0n) is 10.2. The van der Waals surface area contributed by atoms with Crippen LogP contribution in [0.2, 0.25) is 5.02 Å². The first-order chi connectivity index (χ1) is 9.56. The van der Waals surface area contributed by atoms with Crippen molar-refractivity contribution in [1.29, 1.82) is 0 Å². The van der Waals surface area contributed by atoms with Crippen LogP contribution in [0.4, 0.5) is 8.78 Å². The monoisotopic (exact) mass is 310 g/mol. The van der Waals surface area contributed by atoms with Gasteiger partial charge in [-0.25, -0.2) is 8.78 Å². The Labute approximate surface area is 123 Å². The molecule has 0 saturated heterocycles. The van der Waals surface area contributed by atoms with E-state index in [0.29, 0.717) is 21.9 Å².